The van der Waals surface area contributed by atoms with E-state index in [1.807, 2.05) is 0 Å². The van der Waals surface area contributed by atoms with Crippen molar-refractivity contribution in [1.29, 1.82) is 0 Å². The molecular formula is C13H20N2O3S. The average molecular weight is 284 g/mol. The van der Waals surface area contributed by atoms with Gasteiger partial charge in [0.25, 0.3) is 10.0 Å². The van der Waals surface area contributed by atoms with Crippen LogP contribution in [-0.2, 0) is 16.6 Å². The Morgan fingerprint density at radius 1 is 1.21 bits per heavy atom. The number of furan rings is 1. The molecule has 1 N–H and O–H groups in total. The van der Waals surface area contributed by atoms with Gasteiger partial charge in [0.1, 0.15) is 5.76 Å². The molecule has 2 heterocycles. The lowest BCUT2D eigenvalue weighted by atomic mass is 10.2. The normalized spacial score (nSPS) is 21.7. The third-order valence-electron chi connectivity index (χ3n) is 3.69. The molecule has 0 bridgehead atoms. The number of nitrogens with one attached hydrogen (secondary N) is 1. The zero-order valence-corrected chi connectivity index (χ0v) is 11.8. The highest BCUT2D eigenvalue weighted by Gasteiger charge is 2.29. The number of sulfonamides is 1. The van der Waals surface area contributed by atoms with Gasteiger partial charge < -0.3 is 9.73 Å². The van der Waals surface area contributed by atoms with E-state index in [9.17, 15) is 8.42 Å². The number of rotatable bonds is 5. The van der Waals surface area contributed by atoms with Gasteiger partial charge in [0.2, 0.25) is 5.09 Å². The fourth-order valence-corrected chi connectivity index (χ4v) is 3.80. The molecule has 3 rings (SSSR count). The summed E-state index contributed by atoms with van der Waals surface area (Å²) in [5, 5.41) is 3.40. The highest BCUT2D eigenvalue weighted by Crippen LogP contribution is 2.23. The first-order valence-electron chi connectivity index (χ1n) is 6.98. The lowest BCUT2D eigenvalue weighted by Gasteiger charge is -2.24. The van der Waals surface area contributed by atoms with Crippen LogP contribution in [0.3, 0.4) is 0 Å². The molecule has 19 heavy (non-hydrogen) atoms. The van der Waals surface area contributed by atoms with E-state index in [0.29, 0.717) is 31.4 Å². The van der Waals surface area contributed by atoms with Gasteiger partial charge in [-0.15, -0.1) is 0 Å². The minimum Gasteiger partial charge on any atom is -0.447 e. The zero-order valence-electron chi connectivity index (χ0n) is 11.0. The summed E-state index contributed by atoms with van der Waals surface area (Å²) in [5.41, 5.74) is 0. The topological polar surface area (TPSA) is 62.6 Å². The van der Waals surface area contributed by atoms with Gasteiger partial charge in [0.15, 0.2) is 0 Å². The predicted molar refractivity (Wildman–Crippen MR) is 71.2 cm³/mol. The summed E-state index contributed by atoms with van der Waals surface area (Å²) >= 11 is 0. The number of piperidine rings is 1. The van der Waals surface area contributed by atoms with Gasteiger partial charge in [-0.3, -0.25) is 0 Å². The van der Waals surface area contributed by atoms with Crippen LogP contribution in [0.4, 0.5) is 0 Å². The molecule has 0 radical (unpaired) electrons. The molecule has 6 heteroatoms. The molecule has 1 aliphatic heterocycles. The van der Waals surface area contributed by atoms with E-state index in [1.165, 1.54) is 17.1 Å². The van der Waals surface area contributed by atoms with Crippen LogP contribution < -0.4 is 5.32 Å². The average Bonchev–Trinajstić information content (AvgIpc) is 3.13. The first kappa shape index (κ1) is 13.1. The summed E-state index contributed by atoms with van der Waals surface area (Å²) in [7, 11) is -3.43. The van der Waals surface area contributed by atoms with Crippen molar-refractivity contribution in [3.63, 3.8) is 0 Å². The molecule has 1 saturated heterocycles. The Bertz CT molecular complexity index is 528. The molecule has 0 unspecified atom stereocenters. The van der Waals surface area contributed by atoms with Crippen molar-refractivity contribution < 1.29 is 12.8 Å². The second-order valence-corrected chi connectivity index (χ2v) is 7.21. The van der Waals surface area contributed by atoms with Crippen LogP contribution >= 0.6 is 0 Å². The molecule has 1 aliphatic carbocycles. The second-order valence-electron chi connectivity index (χ2n) is 5.34. The van der Waals surface area contributed by atoms with Crippen molar-refractivity contribution in [3.05, 3.63) is 17.9 Å². The first-order chi connectivity index (χ1) is 9.16. The Morgan fingerprint density at radius 3 is 2.63 bits per heavy atom. The molecule has 5 nitrogen and oxygen atoms in total. The van der Waals surface area contributed by atoms with E-state index in [4.69, 9.17) is 4.42 Å². The van der Waals surface area contributed by atoms with Crippen LogP contribution in [0, 0.1) is 0 Å². The van der Waals surface area contributed by atoms with Crippen LogP contribution in [0.1, 0.15) is 37.9 Å². The van der Waals surface area contributed by atoms with E-state index in [0.717, 1.165) is 19.3 Å². The number of nitrogens with zero attached hydrogens (tertiary/aromatic N) is 1. The highest BCUT2D eigenvalue weighted by molar-refractivity contribution is 7.89. The summed E-state index contributed by atoms with van der Waals surface area (Å²) in [6.45, 7) is 1.83. The van der Waals surface area contributed by atoms with Gasteiger partial charge in [0.05, 0.1) is 6.54 Å². The monoisotopic (exact) mass is 284 g/mol. The van der Waals surface area contributed by atoms with Crippen LogP contribution in [0.25, 0.3) is 0 Å². The zero-order chi connectivity index (χ0) is 13.3. The Kier molecular flexibility index (Phi) is 3.64. The molecule has 1 saturated carbocycles. The maximum absolute atomic E-state index is 12.4. The van der Waals surface area contributed by atoms with Crippen molar-refractivity contribution in [2.75, 3.05) is 13.1 Å². The van der Waals surface area contributed by atoms with Gasteiger partial charge in [-0.05, 0) is 37.8 Å². The smallest absolute Gasteiger partial charge is 0.276 e. The largest absolute Gasteiger partial charge is 0.447 e. The van der Waals surface area contributed by atoms with E-state index < -0.39 is 10.0 Å². The minimum absolute atomic E-state index is 0.0852. The van der Waals surface area contributed by atoms with Crippen molar-refractivity contribution in [3.8, 4) is 0 Å². The number of hydrogen-bond donors (Lipinski definition) is 1. The third kappa shape index (κ3) is 3.01. The Balaban J connectivity index is 1.69. The van der Waals surface area contributed by atoms with Gasteiger partial charge in [-0.2, -0.15) is 4.31 Å². The molecule has 2 fully saturated rings. The van der Waals surface area contributed by atoms with Crippen LogP contribution in [0.15, 0.2) is 21.6 Å². The van der Waals surface area contributed by atoms with Gasteiger partial charge in [0, 0.05) is 19.1 Å². The molecule has 0 atom stereocenters. The molecule has 0 aromatic carbocycles. The molecular weight excluding hydrogens is 264 g/mol. The van der Waals surface area contributed by atoms with E-state index in [-0.39, 0.29) is 5.09 Å². The minimum atomic E-state index is -3.43. The SMILES string of the molecule is O=S(=O)(c1ccc(CNC2CC2)o1)N1CCCCC1. The second kappa shape index (κ2) is 5.26. The van der Waals surface area contributed by atoms with E-state index in [1.54, 1.807) is 12.1 Å². The summed E-state index contributed by atoms with van der Waals surface area (Å²) in [5.74, 6) is 0.697. The fourth-order valence-electron chi connectivity index (χ4n) is 2.36. The van der Waals surface area contributed by atoms with E-state index in [2.05, 4.69) is 5.32 Å². The summed E-state index contributed by atoms with van der Waals surface area (Å²) in [6.07, 6.45) is 5.41. The summed E-state index contributed by atoms with van der Waals surface area (Å²) < 4.78 is 31.7. The van der Waals surface area contributed by atoms with Crippen molar-refractivity contribution >= 4 is 10.0 Å². The van der Waals surface area contributed by atoms with Crippen molar-refractivity contribution in [2.45, 2.75) is 49.8 Å². The highest BCUT2D eigenvalue weighted by atomic mass is 32.2. The summed E-state index contributed by atoms with van der Waals surface area (Å²) in [6, 6.07) is 3.92. The Hall–Kier alpha value is -0.850. The van der Waals surface area contributed by atoms with Crippen molar-refractivity contribution in [1.82, 2.24) is 9.62 Å². The molecule has 1 aromatic heterocycles. The molecule has 106 valence electrons. The molecule has 1 aromatic rings. The van der Waals surface area contributed by atoms with Crippen molar-refractivity contribution in [2.24, 2.45) is 0 Å². The van der Waals surface area contributed by atoms with E-state index >= 15 is 0 Å². The van der Waals surface area contributed by atoms with Gasteiger partial charge in [-0.25, -0.2) is 8.42 Å². The standard InChI is InChI=1S/C13H20N2O3S/c16-19(17,15-8-2-1-3-9-15)13-7-6-12(18-13)10-14-11-4-5-11/h6-7,11,14H,1-5,8-10H2. The quantitative estimate of drug-likeness (QED) is 0.894. The first-order valence-corrected chi connectivity index (χ1v) is 8.42. The maximum atomic E-state index is 12.4. The molecule has 0 amide bonds. The summed E-state index contributed by atoms with van der Waals surface area (Å²) in [4.78, 5) is 0. The molecule has 0 spiro atoms. The van der Waals surface area contributed by atoms with Crippen LogP contribution in [0.5, 0.6) is 0 Å². The van der Waals surface area contributed by atoms with Crippen LogP contribution in [0.2, 0.25) is 0 Å². The fraction of sp³-hybridized carbons (Fsp3) is 0.692. The lowest BCUT2D eigenvalue weighted by molar-refractivity contribution is 0.326. The maximum Gasteiger partial charge on any atom is 0.276 e. The predicted octanol–water partition coefficient (Wildman–Crippen LogP) is 1.71. The Morgan fingerprint density at radius 2 is 1.95 bits per heavy atom. The lowest BCUT2D eigenvalue weighted by Crippen LogP contribution is -2.35. The van der Waals surface area contributed by atoms with Gasteiger partial charge in [-0.1, -0.05) is 6.42 Å². The molecule has 2 aliphatic rings. The van der Waals surface area contributed by atoms with Gasteiger partial charge >= 0.3 is 0 Å². The third-order valence-corrected chi connectivity index (χ3v) is 5.46. The Labute approximate surface area is 114 Å². The van der Waals surface area contributed by atoms with Crippen LogP contribution in [-0.4, -0.2) is 31.9 Å². The number of hydrogen-bond acceptors (Lipinski definition) is 4.